The predicted octanol–water partition coefficient (Wildman–Crippen LogP) is 2.29. The summed E-state index contributed by atoms with van der Waals surface area (Å²) >= 11 is 5.92. The second kappa shape index (κ2) is 5.45. The first-order chi connectivity index (χ1) is 10.1. The highest BCUT2D eigenvalue weighted by atomic mass is 35.5. The molecule has 106 valence electrons. The van der Waals surface area contributed by atoms with Gasteiger partial charge in [0.1, 0.15) is 0 Å². The third kappa shape index (κ3) is 2.68. The zero-order valence-electron chi connectivity index (χ0n) is 11.4. The van der Waals surface area contributed by atoms with E-state index < -0.39 is 0 Å². The van der Waals surface area contributed by atoms with Crippen LogP contribution in [0.2, 0.25) is 5.02 Å². The van der Waals surface area contributed by atoms with Crippen LogP contribution in [0.1, 0.15) is 0 Å². The minimum atomic E-state index is 0.465. The molecule has 0 unspecified atom stereocenters. The van der Waals surface area contributed by atoms with Gasteiger partial charge in [-0.15, -0.1) is 10.2 Å². The summed E-state index contributed by atoms with van der Waals surface area (Å²) < 4.78 is 0. The minimum absolute atomic E-state index is 0.465. The van der Waals surface area contributed by atoms with Crippen LogP contribution >= 0.6 is 11.6 Å². The standard InChI is InChI=1S/C13H12ClN7/c1-21(2)7-15-12-10-11(8-3-5-9(14)6-4-8)16-17-13(10)19-20-18-12/h3-7H,1-2H3,(H,16,17,18,19). The number of benzene rings is 1. The van der Waals surface area contributed by atoms with Crippen molar-refractivity contribution in [3.63, 3.8) is 0 Å². The van der Waals surface area contributed by atoms with Crippen LogP contribution in [0.4, 0.5) is 5.82 Å². The van der Waals surface area contributed by atoms with Crippen LogP contribution in [-0.4, -0.2) is 50.9 Å². The summed E-state index contributed by atoms with van der Waals surface area (Å²) in [7, 11) is 3.76. The van der Waals surface area contributed by atoms with Gasteiger partial charge in [-0.1, -0.05) is 23.7 Å². The maximum atomic E-state index is 5.92. The minimum Gasteiger partial charge on any atom is -0.369 e. The molecule has 1 aromatic carbocycles. The monoisotopic (exact) mass is 301 g/mol. The van der Waals surface area contributed by atoms with E-state index >= 15 is 0 Å². The molecule has 0 aliphatic heterocycles. The zero-order chi connectivity index (χ0) is 14.8. The Bertz CT molecular complexity index is 792. The molecule has 2 aromatic heterocycles. The van der Waals surface area contributed by atoms with Crippen molar-refractivity contribution in [2.45, 2.75) is 0 Å². The molecule has 0 bridgehead atoms. The number of aromatic amines is 1. The number of hydrogen-bond acceptors (Lipinski definition) is 5. The lowest BCUT2D eigenvalue weighted by atomic mass is 10.1. The Hall–Kier alpha value is -2.54. The van der Waals surface area contributed by atoms with Crippen molar-refractivity contribution >= 4 is 34.8 Å². The molecular formula is C13H12ClN7. The molecule has 0 aliphatic rings. The molecule has 0 radical (unpaired) electrons. The van der Waals surface area contributed by atoms with Crippen molar-refractivity contribution in [1.29, 1.82) is 0 Å². The number of rotatable bonds is 3. The van der Waals surface area contributed by atoms with Gasteiger partial charge in [0.2, 0.25) is 5.65 Å². The van der Waals surface area contributed by atoms with Crippen LogP contribution < -0.4 is 0 Å². The van der Waals surface area contributed by atoms with Crippen molar-refractivity contribution in [3.8, 4) is 11.3 Å². The van der Waals surface area contributed by atoms with Crippen molar-refractivity contribution in [1.82, 2.24) is 30.5 Å². The summed E-state index contributed by atoms with van der Waals surface area (Å²) in [6.45, 7) is 0. The van der Waals surface area contributed by atoms with Gasteiger partial charge in [0, 0.05) is 24.7 Å². The van der Waals surface area contributed by atoms with Crippen LogP contribution in [0.15, 0.2) is 29.3 Å². The molecule has 3 aromatic rings. The predicted molar refractivity (Wildman–Crippen MR) is 81.8 cm³/mol. The highest BCUT2D eigenvalue weighted by Gasteiger charge is 2.14. The van der Waals surface area contributed by atoms with Crippen LogP contribution in [0.5, 0.6) is 0 Å². The van der Waals surface area contributed by atoms with Crippen LogP contribution in [0, 0.1) is 0 Å². The Morgan fingerprint density at radius 1 is 1.19 bits per heavy atom. The largest absolute Gasteiger partial charge is 0.369 e. The average Bonchev–Trinajstić information content (AvgIpc) is 2.90. The lowest BCUT2D eigenvalue weighted by Crippen LogP contribution is -2.07. The number of hydrogen-bond donors (Lipinski definition) is 1. The average molecular weight is 302 g/mol. The lowest BCUT2D eigenvalue weighted by molar-refractivity contribution is 0.642. The van der Waals surface area contributed by atoms with Crippen molar-refractivity contribution in [3.05, 3.63) is 29.3 Å². The van der Waals surface area contributed by atoms with Gasteiger partial charge in [-0.05, 0) is 17.3 Å². The number of nitrogens with one attached hydrogen (secondary N) is 1. The zero-order valence-corrected chi connectivity index (χ0v) is 12.2. The maximum absolute atomic E-state index is 5.92. The van der Waals surface area contributed by atoms with Gasteiger partial charge in [0.25, 0.3) is 0 Å². The van der Waals surface area contributed by atoms with Crippen LogP contribution in [0.25, 0.3) is 22.3 Å². The third-order valence-corrected chi connectivity index (χ3v) is 3.05. The third-order valence-electron chi connectivity index (χ3n) is 2.79. The van der Waals surface area contributed by atoms with E-state index in [0.29, 0.717) is 16.5 Å². The van der Waals surface area contributed by atoms with Gasteiger partial charge in [-0.3, -0.25) is 5.10 Å². The Kier molecular flexibility index (Phi) is 3.49. The van der Waals surface area contributed by atoms with E-state index in [1.165, 1.54) is 0 Å². The molecule has 2 heterocycles. The first-order valence-electron chi connectivity index (χ1n) is 6.19. The molecule has 0 saturated heterocycles. The number of aromatic nitrogens is 5. The quantitative estimate of drug-likeness (QED) is 0.593. The Balaban J connectivity index is 2.17. The molecule has 3 rings (SSSR count). The number of nitrogens with zero attached hydrogens (tertiary/aromatic N) is 6. The number of halogens is 1. The SMILES string of the molecule is CN(C)C=Nc1nnnc2n[nH]c(-c3ccc(Cl)cc3)c12. The summed E-state index contributed by atoms with van der Waals surface area (Å²) in [6, 6.07) is 7.42. The first-order valence-corrected chi connectivity index (χ1v) is 6.57. The molecule has 0 saturated carbocycles. The number of H-pyrrole nitrogens is 1. The number of fused-ring (bicyclic) bond motifs is 1. The van der Waals surface area contributed by atoms with Gasteiger partial charge >= 0.3 is 0 Å². The Morgan fingerprint density at radius 2 is 1.95 bits per heavy atom. The smallest absolute Gasteiger partial charge is 0.209 e. The fraction of sp³-hybridized carbons (Fsp3) is 0.154. The number of aliphatic imine (C=N–C) groups is 1. The fourth-order valence-electron chi connectivity index (χ4n) is 1.86. The van der Waals surface area contributed by atoms with Gasteiger partial charge in [-0.2, -0.15) is 5.10 Å². The molecule has 0 spiro atoms. The molecule has 8 heteroatoms. The van der Waals surface area contributed by atoms with Crippen LogP contribution in [0.3, 0.4) is 0 Å². The van der Waals surface area contributed by atoms with Crippen molar-refractivity contribution in [2.75, 3.05) is 14.1 Å². The maximum Gasteiger partial charge on any atom is 0.209 e. The van der Waals surface area contributed by atoms with Crippen LogP contribution in [-0.2, 0) is 0 Å². The second-order valence-electron chi connectivity index (χ2n) is 4.63. The molecule has 1 N–H and O–H groups in total. The summed E-state index contributed by atoms with van der Waals surface area (Å²) in [4.78, 5) is 6.13. The van der Waals surface area contributed by atoms with Gasteiger partial charge in [-0.25, -0.2) is 4.99 Å². The van der Waals surface area contributed by atoms with E-state index in [0.717, 1.165) is 16.6 Å². The van der Waals surface area contributed by atoms with E-state index in [2.05, 4.69) is 30.6 Å². The summed E-state index contributed by atoms with van der Waals surface area (Å²) in [5, 5.41) is 20.1. The van der Waals surface area contributed by atoms with E-state index in [1.54, 1.807) is 6.34 Å². The second-order valence-corrected chi connectivity index (χ2v) is 5.06. The van der Waals surface area contributed by atoms with Gasteiger partial charge in [0.05, 0.1) is 17.4 Å². The molecule has 21 heavy (non-hydrogen) atoms. The highest BCUT2D eigenvalue weighted by Crippen LogP contribution is 2.31. The van der Waals surface area contributed by atoms with E-state index in [1.807, 2.05) is 43.3 Å². The molecule has 0 atom stereocenters. The Morgan fingerprint density at radius 3 is 2.67 bits per heavy atom. The molecule has 7 nitrogen and oxygen atoms in total. The molecular weight excluding hydrogens is 290 g/mol. The topological polar surface area (TPSA) is 82.9 Å². The summed E-state index contributed by atoms with van der Waals surface area (Å²) in [5.41, 5.74) is 2.19. The molecule has 0 fully saturated rings. The van der Waals surface area contributed by atoms with Gasteiger partial charge < -0.3 is 4.90 Å². The first kappa shape index (κ1) is 13.4. The lowest BCUT2D eigenvalue weighted by Gasteiger charge is -2.03. The highest BCUT2D eigenvalue weighted by molar-refractivity contribution is 6.30. The summed E-state index contributed by atoms with van der Waals surface area (Å²) in [6.07, 6.45) is 1.65. The van der Waals surface area contributed by atoms with Crippen molar-refractivity contribution in [2.24, 2.45) is 4.99 Å². The normalized spacial score (nSPS) is 11.4. The van der Waals surface area contributed by atoms with E-state index in [-0.39, 0.29) is 0 Å². The fourth-order valence-corrected chi connectivity index (χ4v) is 1.99. The van der Waals surface area contributed by atoms with Gasteiger partial charge in [0.15, 0.2) is 5.82 Å². The molecule has 0 amide bonds. The molecule has 0 aliphatic carbocycles. The summed E-state index contributed by atoms with van der Waals surface area (Å²) in [5.74, 6) is 0.465. The van der Waals surface area contributed by atoms with E-state index in [9.17, 15) is 0 Å². The van der Waals surface area contributed by atoms with Crippen molar-refractivity contribution < 1.29 is 0 Å². The van der Waals surface area contributed by atoms with E-state index in [4.69, 9.17) is 11.6 Å². The Labute approximate surface area is 125 Å².